The number of rotatable bonds is 11. The molecule has 0 aliphatic rings. The van der Waals surface area contributed by atoms with E-state index in [9.17, 15) is 4.79 Å². The molecule has 0 aliphatic heterocycles. The lowest BCUT2D eigenvalue weighted by Crippen LogP contribution is -2.47. The lowest BCUT2D eigenvalue weighted by molar-refractivity contribution is 0.146. The second-order valence-electron chi connectivity index (χ2n) is 6.96. The molecule has 3 N–H and O–H groups in total. The van der Waals surface area contributed by atoms with Crippen molar-refractivity contribution in [1.29, 1.82) is 0 Å². The van der Waals surface area contributed by atoms with Crippen LogP contribution in [0.2, 0.25) is 0 Å². The Morgan fingerprint density at radius 1 is 1.10 bits per heavy atom. The van der Waals surface area contributed by atoms with Crippen LogP contribution in [0.15, 0.2) is 23.2 Å². The van der Waals surface area contributed by atoms with E-state index in [-0.39, 0.29) is 6.04 Å². The number of carbonyl (C=O) groups is 1. The molecule has 0 saturated carbocycles. The topological polar surface area (TPSA) is 93.2 Å². The van der Waals surface area contributed by atoms with E-state index < -0.39 is 6.09 Å². The Labute approximate surface area is 174 Å². The number of methoxy groups -OCH3 is 2. The molecule has 1 aromatic carbocycles. The molecule has 29 heavy (non-hydrogen) atoms. The van der Waals surface area contributed by atoms with Gasteiger partial charge in [0, 0.05) is 19.1 Å². The SMILES string of the molecule is CCNC(=NCc1ccc(OC)c(OC)c1)NCC(CC(C)C)NC(=O)OCC. The normalized spacial score (nSPS) is 12.3. The average Bonchev–Trinajstić information content (AvgIpc) is 2.69. The first-order valence-electron chi connectivity index (χ1n) is 10.1. The van der Waals surface area contributed by atoms with Gasteiger partial charge < -0.3 is 30.2 Å². The van der Waals surface area contributed by atoms with Gasteiger partial charge in [-0.2, -0.15) is 0 Å². The van der Waals surface area contributed by atoms with Crippen LogP contribution in [-0.2, 0) is 11.3 Å². The van der Waals surface area contributed by atoms with Gasteiger partial charge in [0.15, 0.2) is 17.5 Å². The van der Waals surface area contributed by atoms with Crippen LogP contribution in [0.4, 0.5) is 4.79 Å². The van der Waals surface area contributed by atoms with Gasteiger partial charge in [-0.3, -0.25) is 0 Å². The summed E-state index contributed by atoms with van der Waals surface area (Å²) in [6.45, 7) is 10.2. The highest BCUT2D eigenvalue weighted by Crippen LogP contribution is 2.27. The van der Waals surface area contributed by atoms with Gasteiger partial charge in [-0.1, -0.05) is 19.9 Å². The molecule has 0 radical (unpaired) electrons. The van der Waals surface area contributed by atoms with Crippen molar-refractivity contribution in [3.05, 3.63) is 23.8 Å². The zero-order valence-corrected chi connectivity index (χ0v) is 18.5. The van der Waals surface area contributed by atoms with Crippen molar-refractivity contribution < 1.29 is 19.0 Å². The maximum Gasteiger partial charge on any atom is 0.407 e. The summed E-state index contributed by atoms with van der Waals surface area (Å²) in [4.78, 5) is 16.4. The molecule has 1 atom stereocenters. The summed E-state index contributed by atoms with van der Waals surface area (Å²) in [6, 6.07) is 5.68. The number of nitrogens with zero attached hydrogens (tertiary/aromatic N) is 1. The summed E-state index contributed by atoms with van der Waals surface area (Å²) in [5.41, 5.74) is 1.00. The predicted octanol–water partition coefficient (Wildman–Crippen LogP) is 2.92. The monoisotopic (exact) mass is 408 g/mol. The third-order valence-electron chi connectivity index (χ3n) is 4.08. The fourth-order valence-electron chi connectivity index (χ4n) is 2.81. The van der Waals surface area contributed by atoms with E-state index in [1.165, 1.54) is 0 Å². The quantitative estimate of drug-likeness (QED) is 0.385. The molecular formula is C21H36N4O4. The summed E-state index contributed by atoms with van der Waals surface area (Å²) >= 11 is 0. The van der Waals surface area contributed by atoms with Gasteiger partial charge in [-0.15, -0.1) is 0 Å². The first-order chi connectivity index (χ1) is 13.9. The molecule has 0 aromatic heterocycles. The lowest BCUT2D eigenvalue weighted by Gasteiger charge is -2.22. The fourth-order valence-corrected chi connectivity index (χ4v) is 2.81. The molecule has 1 aromatic rings. The molecule has 0 aliphatic carbocycles. The third kappa shape index (κ3) is 9.40. The summed E-state index contributed by atoms with van der Waals surface area (Å²) in [5.74, 6) is 2.48. The van der Waals surface area contributed by atoms with Gasteiger partial charge in [0.1, 0.15) is 0 Å². The molecule has 0 saturated heterocycles. The zero-order valence-electron chi connectivity index (χ0n) is 18.5. The van der Waals surface area contributed by atoms with Crippen LogP contribution in [0.5, 0.6) is 11.5 Å². The Morgan fingerprint density at radius 3 is 2.41 bits per heavy atom. The highest BCUT2D eigenvalue weighted by molar-refractivity contribution is 5.79. The first kappa shape index (κ1) is 24.4. The van der Waals surface area contributed by atoms with E-state index in [4.69, 9.17) is 14.2 Å². The van der Waals surface area contributed by atoms with Gasteiger partial charge in [-0.25, -0.2) is 9.79 Å². The van der Waals surface area contributed by atoms with Gasteiger partial charge in [0.25, 0.3) is 0 Å². The molecule has 164 valence electrons. The maximum absolute atomic E-state index is 11.8. The Morgan fingerprint density at radius 2 is 1.83 bits per heavy atom. The second-order valence-corrected chi connectivity index (χ2v) is 6.96. The van der Waals surface area contributed by atoms with Crippen LogP contribution in [0.1, 0.15) is 39.7 Å². The Balaban J connectivity index is 2.77. The van der Waals surface area contributed by atoms with E-state index >= 15 is 0 Å². The van der Waals surface area contributed by atoms with Gasteiger partial charge in [-0.05, 0) is 43.9 Å². The molecule has 0 bridgehead atoms. The molecule has 0 fully saturated rings. The summed E-state index contributed by atoms with van der Waals surface area (Å²) in [6.07, 6.45) is 0.438. The van der Waals surface area contributed by atoms with Gasteiger partial charge in [0.2, 0.25) is 0 Å². The molecular weight excluding hydrogens is 372 g/mol. The minimum absolute atomic E-state index is 0.0565. The summed E-state index contributed by atoms with van der Waals surface area (Å²) in [5, 5.41) is 9.45. The Hall–Kier alpha value is -2.64. The number of carbonyl (C=O) groups excluding carboxylic acids is 1. The van der Waals surface area contributed by atoms with Crippen LogP contribution >= 0.6 is 0 Å². The van der Waals surface area contributed by atoms with Gasteiger partial charge in [0.05, 0.1) is 27.4 Å². The number of benzene rings is 1. The minimum atomic E-state index is -0.396. The van der Waals surface area contributed by atoms with Gasteiger partial charge >= 0.3 is 6.09 Å². The van der Waals surface area contributed by atoms with E-state index in [1.807, 2.05) is 25.1 Å². The van der Waals surface area contributed by atoms with Crippen LogP contribution < -0.4 is 25.4 Å². The molecule has 0 spiro atoms. The Kier molecular flexibility index (Phi) is 11.4. The van der Waals surface area contributed by atoms with Crippen molar-refractivity contribution in [2.24, 2.45) is 10.9 Å². The van der Waals surface area contributed by atoms with Crippen molar-refractivity contribution in [2.75, 3.05) is 33.9 Å². The zero-order chi connectivity index (χ0) is 21.6. The van der Waals surface area contributed by atoms with Crippen LogP contribution in [-0.4, -0.2) is 52.0 Å². The molecule has 1 unspecified atom stereocenters. The van der Waals surface area contributed by atoms with E-state index in [2.05, 4.69) is 34.8 Å². The number of hydrogen-bond acceptors (Lipinski definition) is 5. The second kappa shape index (κ2) is 13.5. The average molecular weight is 409 g/mol. The number of ether oxygens (including phenoxy) is 3. The number of hydrogen-bond donors (Lipinski definition) is 3. The Bertz CT molecular complexity index is 650. The number of amides is 1. The minimum Gasteiger partial charge on any atom is -0.493 e. The van der Waals surface area contributed by atoms with Crippen molar-refractivity contribution in [3.8, 4) is 11.5 Å². The number of nitrogens with one attached hydrogen (secondary N) is 3. The molecule has 1 amide bonds. The summed E-state index contributed by atoms with van der Waals surface area (Å²) in [7, 11) is 3.22. The van der Waals surface area contributed by atoms with E-state index in [1.54, 1.807) is 21.1 Å². The fraction of sp³-hybridized carbons (Fsp3) is 0.619. The van der Waals surface area contributed by atoms with E-state index in [0.717, 1.165) is 18.5 Å². The molecule has 0 heterocycles. The number of aliphatic imine (C=N–C) groups is 1. The van der Waals surface area contributed by atoms with Crippen molar-refractivity contribution in [1.82, 2.24) is 16.0 Å². The third-order valence-corrected chi connectivity index (χ3v) is 4.08. The first-order valence-corrected chi connectivity index (χ1v) is 10.1. The highest BCUT2D eigenvalue weighted by atomic mass is 16.5. The maximum atomic E-state index is 11.8. The predicted molar refractivity (Wildman–Crippen MR) is 116 cm³/mol. The van der Waals surface area contributed by atoms with Crippen molar-refractivity contribution in [3.63, 3.8) is 0 Å². The highest BCUT2D eigenvalue weighted by Gasteiger charge is 2.15. The van der Waals surface area contributed by atoms with Crippen LogP contribution in [0.3, 0.4) is 0 Å². The summed E-state index contributed by atoms with van der Waals surface area (Å²) < 4.78 is 15.6. The smallest absolute Gasteiger partial charge is 0.407 e. The molecule has 1 rings (SSSR count). The van der Waals surface area contributed by atoms with E-state index in [0.29, 0.717) is 43.1 Å². The van der Waals surface area contributed by atoms with Crippen LogP contribution in [0.25, 0.3) is 0 Å². The molecule has 8 heteroatoms. The standard InChI is InChI=1S/C21H36N4O4/c1-7-22-20(23-13-16-9-10-18(27-5)19(12-16)28-6)24-14-17(11-15(3)4)25-21(26)29-8-2/h9-10,12,15,17H,7-8,11,13-14H2,1-6H3,(H,25,26)(H2,22,23,24). The van der Waals surface area contributed by atoms with Crippen molar-refractivity contribution >= 4 is 12.1 Å². The van der Waals surface area contributed by atoms with Crippen LogP contribution in [0, 0.1) is 5.92 Å². The lowest BCUT2D eigenvalue weighted by atomic mass is 10.0. The molecule has 8 nitrogen and oxygen atoms in total. The number of alkyl carbamates (subject to hydrolysis) is 1. The largest absolute Gasteiger partial charge is 0.493 e. The van der Waals surface area contributed by atoms with Crippen molar-refractivity contribution in [2.45, 2.75) is 46.7 Å². The number of guanidine groups is 1.